The third-order valence-electron chi connectivity index (χ3n) is 8.10. The molecule has 0 spiro atoms. The molecule has 9 nitrogen and oxygen atoms in total. The molecule has 0 bridgehead atoms. The summed E-state index contributed by atoms with van der Waals surface area (Å²) in [5.74, 6) is -0.0353. The Balaban J connectivity index is 1.32. The molecular formula is C30H35FN6O3. The summed E-state index contributed by atoms with van der Waals surface area (Å²) in [6.07, 6.45) is 1.25. The van der Waals surface area contributed by atoms with Gasteiger partial charge in [-0.25, -0.2) is 4.39 Å². The van der Waals surface area contributed by atoms with Gasteiger partial charge in [-0.15, -0.1) is 0 Å². The van der Waals surface area contributed by atoms with E-state index in [-0.39, 0.29) is 48.3 Å². The van der Waals surface area contributed by atoms with Crippen LogP contribution in [-0.2, 0) is 23.3 Å². The number of benzene rings is 2. The number of hydrogen-bond donors (Lipinski definition) is 4. The van der Waals surface area contributed by atoms with Crippen LogP contribution in [0.4, 0.5) is 10.2 Å². The van der Waals surface area contributed by atoms with Gasteiger partial charge in [0.2, 0.25) is 5.91 Å². The molecule has 3 unspecified atom stereocenters. The minimum Gasteiger partial charge on any atom is -0.507 e. The number of hydrogen-bond acceptors (Lipinski definition) is 7. The lowest BCUT2D eigenvalue weighted by Gasteiger charge is -2.43. The fourth-order valence-electron chi connectivity index (χ4n) is 5.41. The smallest absolute Gasteiger partial charge is 0.228 e. The number of nitriles is 1. The minimum atomic E-state index is -1.46. The second-order valence-corrected chi connectivity index (χ2v) is 10.9. The highest BCUT2D eigenvalue weighted by molar-refractivity contribution is 5.93. The predicted molar refractivity (Wildman–Crippen MR) is 149 cm³/mol. The van der Waals surface area contributed by atoms with E-state index in [4.69, 9.17) is 5.73 Å². The number of aliphatic hydroxyl groups is 1. The van der Waals surface area contributed by atoms with E-state index < -0.39 is 17.9 Å². The fraction of sp³-hybridized carbons (Fsp3) is 0.433. The molecule has 1 aliphatic heterocycles. The zero-order valence-corrected chi connectivity index (χ0v) is 22.6. The van der Waals surface area contributed by atoms with Crippen molar-refractivity contribution in [1.29, 1.82) is 5.26 Å². The number of nitrogens with two attached hydrogens (primary N) is 1. The molecule has 2 fully saturated rings. The summed E-state index contributed by atoms with van der Waals surface area (Å²) in [4.78, 5) is 14.3. The highest BCUT2D eigenvalue weighted by Crippen LogP contribution is 2.39. The van der Waals surface area contributed by atoms with Gasteiger partial charge in [-0.1, -0.05) is 43.3 Å². The van der Waals surface area contributed by atoms with Gasteiger partial charge in [0.1, 0.15) is 23.7 Å². The van der Waals surface area contributed by atoms with Crippen molar-refractivity contribution >= 4 is 11.7 Å². The van der Waals surface area contributed by atoms with Crippen molar-refractivity contribution in [2.75, 3.05) is 18.4 Å². The standard InChI is InChI=1S/C30H35FN6O3/c1-2-19-3-6-21(7-4-19)23-10-5-20(15-25(23)38)16-36-14-12-30(11-13-32,26(31)18-36)37-17-24(27(33)39)28(35-37)34-29(40)22-8-9-22/h3-7,10,15,17,22,26-27,38-39H,2,8-9,11-12,14,16,18,33H2,1H3,(H,34,35,40). The number of carbonyl (C=O) groups is 1. The Bertz CT molecular complexity index is 1410. The van der Waals surface area contributed by atoms with E-state index in [0.717, 1.165) is 36.0 Å². The van der Waals surface area contributed by atoms with Crippen LogP contribution < -0.4 is 11.1 Å². The Kier molecular flexibility index (Phi) is 7.90. The van der Waals surface area contributed by atoms with Crippen molar-refractivity contribution in [2.24, 2.45) is 11.7 Å². The molecule has 2 heterocycles. The summed E-state index contributed by atoms with van der Waals surface area (Å²) in [7, 11) is 0. The Morgan fingerprint density at radius 1 is 1.27 bits per heavy atom. The van der Waals surface area contributed by atoms with Gasteiger partial charge in [0, 0.05) is 37.3 Å². The third kappa shape index (κ3) is 5.59. The second kappa shape index (κ2) is 11.4. The zero-order chi connectivity index (χ0) is 28.4. The van der Waals surface area contributed by atoms with Gasteiger partial charge in [-0.3, -0.25) is 14.4 Å². The van der Waals surface area contributed by atoms with Crippen LogP contribution in [0.3, 0.4) is 0 Å². The molecule has 210 valence electrons. The largest absolute Gasteiger partial charge is 0.507 e. The number of amides is 1. The van der Waals surface area contributed by atoms with E-state index in [1.807, 2.05) is 41.3 Å². The number of nitrogens with zero attached hydrogens (tertiary/aromatic N) is 4. The maximum Gasteiger partial charge on any atom is 0.228 e. The van der Waals surface area contributed by atoms with Crippen LogP contribution in [0.25, 0.3) is 11.1 Å². The maximum absolute atomic E-state index is 16.0. The first kappa shape index (κ1) is 27.8. The fourth-order valence-corrected chi connectivity index (χ4v) is 5.41. The van der Waals surface area contributed by atoms with Crippen molar-refractivity contribution in [2.45, 2.75) is 63.5 Å². The molecule has 5 rings (SSSR count). The van der Waals surface area contributed by atoms with Gasteiger partial charge in [-0.05, 0) is 48.4 Å². The lowest BCUT2D eigenvalue weighted by atomic mass is 9.83. The van der Waals surface area contributed by atoms with Crippen LogP contribution in [0.1, 0.15) is 55.5 Å². The topological polar surface area (TPSA) is 140 Å². The normalized spacial score (nSPS) is 22.0. The average Bonchev–Trinajstić information content (AvgIpc) is 3.70. The number of aromatic nitrogens is 2. The second-order valence-electron chi connectivity index (χ2n) is 10.9. The molecule has 1 aromatic heterocycles. The number of piperidine rings is 1. The SMILES string of the molecule is CCc1ccc(-c2ccc(CN3CCC(CC#N)(n4cc(C(N)O)c(NC(=O)C5CC5)n4)C(F)C3)cc2O)cc1. The van der Waals surface area contributed by atoms with E-state index in [1.165, 1.54) is 16.4 Å². The van der Waals surface area contributed by atoms with Crippen LogP contribution in [0.15, 0.2) is 48.7 Å². The number of carbonyl (C=O) groups excluding carboxylic acids is 1. The molecule has 2 aliphatic rings. The Labute approximate surface area is 233 Å². The number of nitrogens with one attached hydrogen (secondary N) is 1. The summed E-state index contributed by atoms with van der Waals surface area (Å²) in [5.41, 5.74) is 8.38. The Morgan fingerprint density at radius 2 is 2.00 bits per heavy atom. The minimum absolute atomic E-state index is 0.0484. The first-order valence-corrected chi connectivity index (χ1v) is 13.7. The number of rotatable bonds is 9. The van der Waals surface area contributed by atoms with Gasteiger partial charge in [0.15, 0.2) is 5.82 Å². The van der Waals surface area contributed by atoms with Crippen LogP contribution in [0.2, 0.25) is 0 Å². The molecule has 5 N–H and O–H groups in total. The molecule has 3 atom stereocenters. The number of halogens is 1. The monoisotopic (exact) mass is 546 g/mol. The Morgan fingerprint density at radius 3 is 2.60 bits per heavy atom. The first-order chi connectivity index (χ1) is 19.2. The van der Waals surface area contributed by atoms with Gasteiger partial charge < -0.3 is 21.3 Å². The lowest BCUT2D eigenvalue weighted by molar-refractivity contribution is -0.117. The van der Waals surface area contributed by atoms with E-state index in [1.54, 1.807) is 6.07 Å². The van der Waals surface area contributed by atoms with Gasteiger partial charge >= 0.3 is 0 Å². The molecule has 0 radical (unpaired) electrons. The van der Waals surface area contributed by atoms with Crippen LogP contribution >= 0.6 is 0 Å². The number of alkyl halides is 1. The van der Waals surface area contributed by atoms with E-state index in [2.05, 4.69) is 23.4 Å². The summed E-state index contributed by atoms with van der Waals surface area (Å²) in [6.45, 7) is 3.05. The first-order valence-electron chi connectivity index (χ1n) is 13.7. The Hall–Kier alpha value is -3.78. The number of phenolic OH excluding ortho intramolecular Hbond substituents is 1. The molecule has 3 aromatic rings. The van der Waals surface area contributed by atoms with Crippen molar-refractivity contribution in [3.8, 4) is 22.9 Å². The lowest BCUT2D eigenvalue weighted by Crippen LogP contribution is -2.54. The summed E-state index contributed by atoms with van der Waals surface area (Å²) in [5, 5.41) is 37.6. The molecule has 1 aliphatic carbocycles. The molecular weight excluding hydrogens is 511 g/mol. The number of phenols is 1. The van der Waals surface area contributed by atoms with Gasteiger partial charge in [-0.2, -0.15) is 10.4 Å². The van der Waals surface area contributed by atoms with Crippen LogP contribution in [-0.4, -0.2) is 50.1 Å². The van der Waals surface area contributed by atoms with Gasteiger partial charge in [0.05, 0.1) is 18.1 Å². The zero-order valence-electron chi connectivity index (χ0n) is 22.6. The highest BCUT2D eigenvalue weighted by Gasteiger charge is 2.47. The number of aromatic hydroxyl groups is 1. The van der Waals surface area contributed by atoms with Crippen LogP contribution in [0.5, 0.6) is 5.75 Å². The van der Waals surface area contributed by atoms with Crippen LogP contribution in [0, 0.1) is 17.2 Å². The summed E-state index contributed by atoms with van der Waals surface area (Å²) < 4.78 is 17.4. The summed E-state index contributed by atoms with van der Waals surface area (Å²) in [6, 6.07) is 15.7. The number of likely N-dealkylation sites (tertiary alicyclic amines) is 1. The molecule has 40 heavy (non-hydrogen) atoms. The number of aliphatic hydroxyl groups excluding tert-OH is 1. The molecule has 1 saturated heterocycles. The molecule has 1 amide bonds. The highest BCUT2D eigenvalue weighted by atomic mass is 19.1. The van der Waals surface area contributed by atoms with E-state index in [0.29, 0.717) is 13.1 Å². The molecule has 2 aromatic carbocycles. The quantitative estimate of drug-likeness (QED) is 0.298. The third-order valence-corrected chi connectivity index (χ3v) is 8.10. The number of anilines is 1. The van der Waals surface area contributed by atoms with Crippen molar-refractivity contribution in [1.82, 2.24) is 14.7 Å². The van der Waals surface area contributed by atoms with Crippen molar-refractivity contribution < 1.29 is 19.4 Å². The maximum atomic E-state index is 16.0. The van der Waals surface area contributed by atoms with Crippen molar-refractivity contribution in [3.63, 3.8) is 0 Å². The van der Waals surface area contributed by atoms with E-state index >= 15 is 4.39 Å². The van der Waals surface area contributed by atoms with Crippen molar-refractivity contribution in [3.05, 3.63) is 65.4 Å². The number of aryl methyl sites for hydroxylation is 1. The van der Waals surface area contributed by atoms with E-state index in [9.17, 15) is 20.3 Å². The summed E-state index contributed by atoms with van der Waals surface area (Å²) >= 11 is 0. The molecule has 1 saturated carbocycles. The molecule has 10 heteroatoms. The average molecular weight is 547 g/mol. The van der Waals surface area contributed by atoms with Gasteiger partial charge in [0.25, 0.3) is 0 Å². The predicted octanol–water partition coefficient (Wildman–Crippen LogP) is 3.97.